The Balaban J connectivity index is 1.23. The first kappa shape index (κ1) is 24.2. The number of fused-ring (bicyclic) bond motifs is 3. The van der Waals surface area contributed by atoms with Gasteiger partial charge in [0.1, 0.15) is 23.9 Å². The Morgan fingerprint density at radius 1 is 1.13 bits per heavy atom. The molecule has 3 aliphatic heterocycles. The van der Waals surface area contributed by atoms with Crippen molar-refractivity contribution in [2.45, 2.75) is 24.8 Å². The van der Waals surface area contributed by atoms with Crippen LogP contribution in [0.4, 0.5) is 19.7 Å². The monoisotopic (exact) mass is 522 g/mol. The van der Waals surface area contributed by atoms with Crippen molar-refractivity contribution in [2.24, 2.45) is 17.8 Å². The highest BCUT2D eigenvalue weighted by Crippen LogP contribution is 2.45. The third-order valence-corrected chi connectivity index (χ3v) is 7.91. The van der Waals surface area contributed by atoms with Crippen LogP contribution in [0.15, 0.2) is 36.4 Å². The molecule has 11 heteroatoms. The number of nitrogens with one attached hydrogen (secondary N) is 3. The van der Waals surface area contributed by atoms with Gasteiger partial charge in [-0.25, -0.2) is 14.0 Å². The van der Waals surface area contributed by atoms with E-state index in [1.54, 1.807) is 24.3 Å². The van der Waals surface area contributed by atoms with Crippen molar-refractivity contribution in [2.75, 3.05) is 32.1 Å². The molecule has 4 aliphatic rings. The molecule has 2 aromatic carbocycles. The third-order valence-electron chi connectivity index (χ3n) is 7.91. The number of urea groups is 2. The molecule has 3 heterocycles. The number of ether oxygens (including phenoxy) is 2. The number of hydrogen-bond donors (Lipinski definition) is 3. The van der Waals surface area contributed by atoms with Crippen molar-refractivity contribution in [3.05, 3.63) is 53.3 Å². The molecule has 10 nitrogen and oxygen atoms in total. The fraction of sp³-hybridized carbons (Fsp3) is 0.407. The topological polar surface area (TPSA) is 126 Å². The second-order valence-corrected chi connectivity index (χ2v) is 10.3. The summed E-state index contributed by atoms with van der Waals surface area (Å²) in [5.41, 5.74) is 0.0781. The zero-order valence-electron chi connectivity index (χ0n) is 20.7. The van der Waals surface area contributed by atoms with Crippen LogP contribution < -0.4 is 25.4 Å². The van der Waals surface area contributed by atoms with Crippen molar-refractivity contribution >= 4 is 29.4 Å². The normalized spacial score (nSPS) is 25.6. The van der Waals surface area contributed by atoms with Crippen LogP contribution in [0, 0.1) is 23.6 Å². The summed E-state index contributed by atoms with van der Waals surface area (Å²) in [6, 6.07) is 8.02. The quantitative estimate of drug-likeness (QED) is 0.519. The van der Waals surface area contributed by atoms with Gasteiger partial charge < -0.3 is 25.4 Å². The van der Waals surface area contributed by atoms with Crippen molar-refractivity contribution in [1.29, 1.82) is 0 Å². The van der Waals surface area contributed by atoms with Crippen LogP contribution in [0.1, 0.15) is 24.0 Å². The highest BCUT2D eigenvalue weighted by Gasteiger charge is 2.58. The van der Waals surface area contributed by atoms with Crippen LogP contribution in [0.5, 0.6) is 11.5 Å². The Morgan fingerprint density at radius 2 is 1.95 bits per heavy atom. The van der Waals surface area contributed by atoms with Gasteiger partial charge in [-0.3, -0.25) is 14.5 Å². The van der Waals surface area contributed by atoms with E-state index in [9.17, 15) is 23.6 Å². The zero-order valence-corrected chi connectivity index (χ0v) is 20.7. The summed E-state index contributed by atoms with van der Waals surface area (Å²) in [5.74, 6) is -0.574. The minimum atomic E-state index is -1.45. The molecule has 0 bridgehead atoms. The van der Waals surface area contributed by atoms with Gasteiger partial charge in [0.25, 0.3) is 5.91 Å². The number of rotatable bonds is 5. The predicted octanol–water partition coefficient (Wildman–Crippen LogP) is 2.56. The van der Waals surface area contributed by atoms with Crippen molar-refractivity contribution in [3.63, 3.8) is 0 Å². The Morgan fingerprint density at radius 3 is 2.71 bits per heavy atom. The van der Waals surface area contributed by atoms with Crippen LogP contribution in [0.3, 0.4) is 0 Å². The number of ketones is 1. The molecule has 0 radical (unpaired) electrons. The SMILES string of the molecule is CNC(=O)Nc1ccc2c(c1)OC[C@@]21NC(=O)N(CC(=O)C2Cc3cc(F)ccc3OC[C@H]2C2CC2)C1=O. The molecule has 1 saturated carbocycles. The van der Waals surface area contributed by atoms with E-state index in [2.05, 4.69) is 16.0 Å². The van der Waals surface area contributed by atoms with Crippen LogP contribution in [-0.4, -0.2) is 55.5 Å². The molecule has 3 N–H and O–H groups in total. The van der Waals surface area contributed by atoms with Gasteiger partial charge in [0.15, 0.2) is 11.3 Å². The lowest BCUT2D eigenvalue weighted by Crippen LogP contribution is -2.46. The number of hydrogen-bond acceptors (Lipinski definition) is 6. The molecule has 1 unspecified atom stereocenters. The molecule has 6 rings (SSSR count). The second-order valence-electron chi connectivity index (χ2n) is 10.3. The Labute approximate surface area is 217 Å². The number of amides is 5. The number of nitrogens with zero attached hydrogens (tertiary/aromatic N) is 1. The minimum absolute atomic E-state index is 0.0746. The predicted molar refractivity (Wildman–Crippen MR) is 132 cm³/mol. The molecule has 198 valence electrons. The third kappa shape index (κ3) is 4.02. The van der Waals surface area contributed by atoms with E-state index >= 15 is 0 Å². The van der Waals surface area contributed by atoms with Crippen LogP contribution >= 0.6 is 0 Å². The van der Waals surface area contributed by atoms with Gasteiger partial charge in [-0.1, -0.05) is 6.07 Å². The average molecular weight is 523 g/mol. The van der Waals surface area contributed by atoms with E-state index in [1.807, 2.05) is 0 Å². The summed E-state index contributed by atoms with van der Waals surface area (Å²) >= 11 is 0. The highest BCUT2D eigenvalue weighted by atomic mass is 19.1. The molecule has 3 atom stereocenters. The van der Waals surface area contributed by atoms with E-state index < -0.39 is 41.8 Å². The summed E-state index contributed by atoms with van der Waals surface area (Å²) in [5, 5.41) is 7.82. The molecular formula is C27H27FN4O6. The Bertz CT molecular complexity index is 1360. The molecular weight excluding hydrogens is 495 g/mol. The summed E-state index contributed by atoms with van der Waals surface area (Å²) in [7, 11) is 1.49. The summed E-state index contributed by atoms with van der Waals surface area (Å²) < 4.78 is 25.6. The summed E-state index contributed by atoms with van der Waals surface area (Å²) in [6.45, 7) is -0.191. The molecule has 2 fully saturated rings. The van der Waals surface area contributed by atoms with Gasteiger partial charge in [0.05, 0.1) is 13.2 Å². The van der Waals surface area contributed by atoms with Gasteiger partial charge >= 0.3 is 12.1 Å². The second kappa shape index (κ2) is 9.00. The van der Waals surface area contributed by atoms with E-state index in [0.717, 1.165) is 17.7 Å². The fourth-order valence-corrected chi connectivity index (χ4v) is 5.73. The van der Waals surface area contributed by atoms with Crippen LogP contribution in [0.25, 0.3) is 0 Å². The lowest BCUT2D eigenvalue weighted by atomic mass is 9.81. The first-order valence-electron chi connectivity index (χ1n) is 12.6. The minimum Gasteiger partial charge on any atom is -0.493 e. The average Bonchev–Trinajstić information content (AvgIpc) is 3.66. The molecule has 1 aliphatic carbocycles. The first-order chi connectivity index (χ1) is 18.3. The maximum Gasteiger partial charge on any atom is 0.325 e. The number of carbonyl (C=O) groups excluding carboxylic acids is 4. The van der Waals surface area contributed by atoms with Crippen molar-refractivity contribution in [3.8, 4) is 11.5 Å². The molecule has 0 aromatic heterocycles. The molecule has 1 saturated heterocycles. The van der Waals surface area contributed by atoms with Gasteiger partial charge in [-0.05, 0) is 55.0 Å². The number of Topliss-reactive ketones (excluding diaryl/α,β-unsaturated/α-hetero) is 1. The van der Waals surface area contributed by atoms with Crippen LogP contribution in [0.2, 0.25) is 0 Å². The maximum atomic E-state index is 14.0. The largest absolute Gasteiger partial charge is 0.493 e. The number of benzene rings is 2. The fourth-order valence-electron chi connectivity index (χ4n) is 5.73. The van der Waals surface area contributed by atoms with E-state index in [-0.39, 0.29) is 24.7 Å². The highest BCUT2D eigenvalue weighted by molar-refractivity contribution is 6.10. The molecule has 5 amide bonds. The van der Waals surface area contributed by atoms with Crippen molar-refractivity contribution < 1.29 is 33.0 Å². The van der Waals surface area contributed by atoms with E-state index in [1.165, 1.54) is 19.2 Å². The lowest BCUT2D eigenvalue weighted by Gasteiger charge is -2.25. The maximum absolute atomic E-state index is 14.0. The van der Waals surface area contributed by atoms with Gasteiger partial charge in [-0.2, -0.15) is 0 Å². The molecule has 1 spiro atoms. The number of halogens is 1. The zero-order chi connectivity index (χ0) is 26.6. The Hall–Kier alpha value is -4.15. The summed E-state index contributed by atoms with van der Waals surface area (Å²) in [4.78, 5) is 52.9. The Kier molecular flexibility index (Phi) is 5.73. The van der Waals surface area contributed by atoms with Gasteiger partial charge in [-0.15, -0.1) is 0 Å². The number of carbonyl (C=O) groups is 4. The van der Waals surface area contributed by atoms with Gasteiger partial charge in [0.2, 0.25) is 0 Å². The molecule has 2 aromatic rings. The standard InChI is InChI=1S/C27H27FN4O6/c1-29-25(35)30-17-5-6-20-23(10-17)38-13-27(20)24(34)32(26(36)31-27)11-21(33)18-9-15-8-16(28)4-7-22(15)37-12-19(18)14-2-3-14/h4-8,10,14,18-19H,2-3,9,11-13H2,1H3,(H,31,36)(H2,29,30,35)/t18?,19-,27+/m0/s1. The molecule has 38 heavy (non-hydrogen) atoms. The first-order valence-corrected chi connectivity index (χ1v) is 12.6. The number of anilines is 1. The lowest BCUT2D eigenvalue weighted by molar-refractivity contribution is -0.136. The van der Waals surface area contributed by atoms with Crippen molar-refractivity contribution in [1.82, 2.24) is 15.5 Å². The smallest absolute Gasteiger partial charge is 0.325 e. The van der Waals surface area contributed by atoms with E-state index in [4.69, 9.17) is 9.47 Å². The summed E-state index contributed by atoms with van der Waals surface area (Å²) in [6.07, 6.45) is 2.26. The van der Waals surface area contributed by atoms with Crippen LogP contribution in [-0.2, 0) is 21.5 Å². The van der Waals surface area contributed by atoms with Gasteiger partial charge in [0, 0.05) is 36.2 Å². The number of imide groups is 1. The van der Waals surface area contributed by atoms with E-state index in [0.29, 0.717) is 40.8 Å².